The van der Waals surface area contributed by atoms with Crippen molar-refractivity contribution in [2.45, 2.75) is 32.2 Å². The van der Waals surface area contributed by atoms with Gasteiger partial charge in [0.05, 0.1) is 6.61 Å². The zero-order valence-electron chi connectivity index (χ0n) is 8.18. The Balaban J connectivity index is 3.15. The fourth-order valence-corrected chi connectivity index (χ4v) is 0.901. The Morgan fingerprint density at radius 2 is 2.09 bits per heavy atom. The van der Waals surface area contributed by atoms with Gasteiger partial charge in [0.1, 0.15) is 0 Å². The first kappa shape index (κ1) is 10.9. The van der Waals surface area contributed by atoms with Crippen LogP contribution < -0.4 is 0 Å². The summed E-state index contributed by atoms with van der Waals surface area (Å²) in [5, 5.41) is 0.440. The molecule has 0 saturated heterocycles. The minimum Gasteiger partial charge on any atom is -0.381 e. The van der Waals surface area contributed by atoms with Gasteiger partial charge in [0.15, 0.2) is 0 Å². The molecule has 0 aromatic rings. The van der Waals surface area contributed by atoms with Gasteiger partial charge in [0.25, 0.3) is 0 Å². The molecule has 0 spiro atoms. The molecule has 0 aromatic carbocycles. The highest BCUT2D eigenvalue weighted by Crippen LogP contribution is 2.17. The zero-order chi connectivity index (χ0) is 8.74. The summed E-state index contributed by atoms with van der Waals surface area (Å²) >= 11 is 0. The molecular weight excluding hydrogens is 152 g/mol. The van der Waals surface area contributed by atoms with Crippen LogP contribution in [0, 0.1) is 0 Å². The van der Waals surface area contributed by atoms with E-state index in [1.165, 1.54) is 10.2 Å². The Bertz CT molecular complexity index is 113. The van der Waals surface area contributed by atoms with Crippen LogP contribution >= 0.6 is 0 Å². The van der Waals surface area contributed by atoms with Gasteiger partial charge < -0.3 is 4.74 Å². The van der Waals surface area contributed by atoms with Crippen molar-refractivity contribution in [3.05, 3.63) is 12.2 Å². The van der Waals surface area contributed by atoms with Crippen LogP contribution in [0.1, 0.15) is 27.2 Å². The number of ether oxygens (including phenoxy) is 1. The number of hydrogen-bond acceptors (Lipinski definition) is 1. The van der Waals surface area contributed by atoms with Crippen LogP contribution in [0.5, 0.6) is 0 Å². The summed E-state index contributed by atoms with van der Waals surface area (Å²) in [6.07, 6.45) is 5.25. The van der Waals surface area contributed by atoms with Crippen molar-refractivity contribution in [1.29, 1.82) is 0 Å². The Morgan fingerprint density at radius 3 is 2.55 bits per heavy atom. The van der Waals surface area contributed by atoms with E-state index in [1.54, 1.807) is 0 Å². The topological polar surface area (TPSA) is 9.23 Å². The molecule has 66 valence electrons. The van der Waals surface area contributed by atoms with Gasteiger partial charge in [0.2, 0.25) is 0 Å². The van der Waals surface area contributed by atoms with Crippen molar-refractivity contribution < 1.29 is 4.74 Å². The Hall–Kier alpha value is -0.0831. The van der Waals surface area contributed by atoms with Crippen molar-refractivity contribution in [3.63, 3.8) is 0 Å². The minimum atomic E-state index is 0.440. The van der Waals surface area contributed by atoms with E-state index in [0.717, 1.165) is 19.6 Å². The van der Waals surface area contributed by atoms with E-state index in [4.69, 9.17) is 4.74 Å². The SMILES string of the molecule is CC=CCCOCC(C)(C)[SiH3]. The van der Waals surface area contributed by atoms with E-state index in [-0.39, 0.29) is 0 Å². The lowest BCUT2D eigenvalue weighted by Crippen LogP contribution is -2.12. The van der Waals surface area contributed by atoms with Crippen molar-refractivity contribution in [2.75, 3.05) is 13.2 Å². The van der Waals surface area contributed by atoms with Crippen LogP contribution in [0.4, 0.5) is 0 Å². The molecule has 2 heteroatoms. The fourth-order valence-electron chi connectivity index (χ4n) is 0.696. The fraction of sp³-hybridized carbons (Fsp3) is 0.778. The molecule has 0 atom stereocenters. The average Bonchev–Trinajstić information content (AvgIpc) is 1.85. The Labute approximate surface area is 73.3 Å². The van der Waals surface area contributed by atoms with Gasteiger partial charge >= 0.3 is 0 Å². The molecule has 0 aromatic heterocycles. The number of hydrogen-bond donors (Lipinski definition) is 0. The second kappa shape index (κ2) is 5.55. The maximum absolute atomic E-state index is 5.48. The largest absolute Gasteiger partial charge is 0.381 e. The second-order valence-corrected chi connectivity index (χ2v) is 6.68. The molecule has 0 aliphatic rings. The molecule has 0 N–H and O–H groups in total. The van der Waals surface area contributed by atoms with Crippen LogP contribution in [-0.2, 0) is 4.74 Å². The molecule has 0 bridgehead atoms. The molecule has 0 radical (unpaired) electrons. The highest BCUT2D eigenvalue weighted by molar-refractivity contribution is 6.14. The summed E-state index contributed by atoms with van der Waals surface area (Å²) in [4.78, 5) is 0. The van der Waals surface area contributed by atoms with E-state index in [9.17, 15) is 0 Å². The first-order valence-electron chi connectivity index (χ1n) is 4.25. The van der Waals surface area contributed by atoms with Gasteiger partial charge in [-0.05, 0) is 18.4 Å². The lowest BCUT2D eigenvalue weighted by molar-refractivity contribution is 0.119. The monoisotopic (exact) mass is 172 g/mol. The molecular formula is C9H20OSi. The third kappa shape index (κ3) is 9.92. The molecule has 0 amide bonds. The highest BCUT2D eigenvalue weighted by atomic mass is 28.1. The maximum atomic E-state index is 5.48. The van der Waals surface area contributed by atoms with Crippen molar-refractivity contribution in [1.82, 2.24) is 0 Å². The molecule has 0 aliphatic heterocycles. The van der Waals surface area contributed by atoms with Crippen LogP contribution in [-0.4, -0.2) is 23.5 Å². The van der Waals surface area contributed by atoms with Crippen molar-refractivity contribution in [2.24, 2.45) is 0 Å². The van der Waals surface area contributed by atoms with Gasteiger partial charge in [-0.3, -0.25) is 0 Å². The maximum Gasteiger partial charge on any atom is 0.0500 e. The minimum absolute atomic E-state index is 0.440. The van der Waals surface area contributed by atoms with Gasteiger partial charge in [-0.15, -0.1) is 0 Å². The van der Waals surface area contributed by atoms with Crippen molar-refractivity contribution >= 4 is 10.2 Å². The second-order valence-electron chi connectivity index (χ2n) is 3.97. The summed E-state index contributed by atoms with van der Waals surface area (Å²) in [5.41, 5.74) is 0. The highest BCUT2D eigenvalue weighted by Gasteiger charge is 2.08. The summed E-state index contributed by atoms with van der Waals surface area (Å²) in [7, 11) is 1.20. The van der Waals surface area contributed by atoms with Crippen LogP contribution in [0.2, 0.25) is 5.04 Å². The number of allylic oxidation sites excluding steroid dienone is 1. The quantitative estimate of drug-likeness (QED) is 0.347. The van der Waals surface area contributed by atoms with Crippen LogP contribution in [0.3, 0.4) is 0 Å². The molecule has 0 unspecified atom stereocenters. The molecule has 11 heavy (non-hydrogen) atoms. The molecule has 0 aliphatic carbocycles. The summed E-state index contributed by atoms with van der Waals surface area (Å²) < 4.78 is 5.48. The Morgan fingerprint density at radius 1 is 1.45 bits per heavy atom. The first-order valence-corrected chi connectivity index (χ1v) is 5.25. The average molecular weight is 172 g/mol. The third-order valence-electron chi connectivity index (χ3n) is 1.20. The molecule has 0 saturated carbocycles. The smallest absolute Gasteiger partial charge is 0.0500 e. The van der Waals surface area contributed by atoms with E-state index in [2.05, 4.69) is 26.0 Å². The molecule has 0 heterocycles. The van der Waals surface area contributed by atoms with Gasteiger partial charge in [-0.2, -0.15) is 0 Å². The lowest BCUT2D eigenvalue weighted by atomic mass is 10.2. The van der Waals surface area contributed by atoms with Crippen LogP contribution in [0.25, 0.3) is 0 Å². The van der Waals surface area contributed by atoms with E-state index >= 15 is 0 Å². The summed E-state index contributed by atoms with van der Waals surface area (Å²) in [6, 6.07) is 0. The standard InChI is InChI=1S/C9H20OSi/c1-4-5-6-7-10-8-9(2,3)11/h4-5H,6-8H2,1-3,11H3. The predicted octanol–water partition coefficient (Wildman–Crippen LogP) is 1.53. The normalized spacial score (nSPS) is 13.0. The zero-order valence-corrected chi connectivity index (χ0v) is 10.2. The summed E-state index contributed by atoms with van der Waals surface area (Å²) in [5.74, 6) is 0. The van der Waals surface area contributed by atoms with E-state index < -0.39 is 0 Å². The molecule has 0 rings (SSSR count). The van der Waals surface area contributed by atoms with E-state index in [0.29, 0.717) is 5.04 Å². The predicted molar refractivity (Wildman–Crippen MR) is 54.2 cm³/mol. The van der Waals surface area contributed by atoms with Gasteiger partial charge in [-0.1, -0.05) is 26.0 Å². The number of rotatable bonds is 5. The Kier molecular flexibility index (Phi) is 5.51. The third-order valence-corrected chi connectivity index (χ3v) is 1.49. The van der Waals surface area contributed by atoms with E-state index in [1.807, 2.05) is 6.92 Å². The summed E-state index contributed by atoms with van der Waals surface area (Å²) in [6.45, 7) is 8.31. The van der Waals surface area contributed by atoms with Gasteiger partial charge in [-0.25, -0.2) is 0 Å². The lowest BCUT2D eigenvalue weighted by Gasteiger charge is -2.17. The molecule has 1 nitrogen and oxygen atoms in total. The van der Waals surface area contributed by atoms with Crippen LogP contribution in [0.15, 0.2) is 12.2 Å². The first-order chi connectivity index (χ1) is 5.06. The van der Waals surface area contributed by atoms with Crippen molar-refractivity contribution in [3.8, 4) is 0 Å². The molecule has 0 fully saturated rings. The van der Waals surface area contributed by atoms with Gasteiger partial charge in [0, 0.05) is 16.8 Å².